The number of nitrogens with zero attached hydrogens (tertiary/aromatic N) is 1. The minimum atomic E-state index is -0.927. The molecule has 3 aromatic carbocycles. The van der Waals surface area contributed by atoms with Gasteiger partial charge >= 0.3 is 5.97 Å². The highest BCUT2D eigenvalue weighted by Crippen LogP contribution is 2.32. The Kier molecular flexibility index (Phi) is 2.42. The summed E-state index contributed by atoms with van der Waals surface area (Å²) in [5.41, 5.74) is 1.04. The highest BCUT2D eigenvalue weighted by atomic mass is 16.4. The van der Waals surface area contributed by atoms with Crippen LogP contribution in [0, 0.1) is 0 Å². The van der Waals surface area contributed by atoms with Crippen LogP contribution in [0.4, 0.5) is 0 Å². The second kappa shape index (κ2) is 4.28. The molecule has 1 heterocycles. The summed E-state index contributed by atoms with van der Waals surface area (Å²) >= 11 is 0. The molecule has 0 aliphatic heterocycles. The van der Waals surface area contributed by atoms with Gasteiger partial charge in [0.1, 0.15) is 0 Å². The van der Waals surface area contributed by atoms with Crippen molar-refractivity contribution >= 4 is 38.4 Å². The van der Waals surface area contributed by atoms with E-state index in [9.17, 15) is 9.90 Å². The molecule has 0 bridgehead atoms. The predicted molar refractivity (Wildman–Crippen MR) is 83.7 cm³/mol. The Bertz CT molecular complexity index is 1020. The molecule has 0 radical (unpaired) electrons. The average molecular weight is 273 g/mol. The zero-order valence-corrected chi connectivity index (χ0v) is 11.1. The third kappa shape index (κ3) is 1.68. The van der Waals surface area contributed by atoms with E-state index >= 15 is 0 Å². The van der Waals surface area contributed by atoms with Crippen molar-refractivity contribution in [1.82, 2.24) is 4.98 Å². The first-order valence-electron chi connectivity index (χ1n) is 6.68. The van der Waals surface area contributed by atoms with Crippen LogP contribution in [0.3, 0.4) is 0 Å². The molecule has 0 fully saturated rings. The molecule has 0 amide bonds. The van der Waals surface area contributed by atoms with E-state index in [1.165, 1.54) is 0 Å². The van der Waals surface area contributed by atoms with E-state index in [4.69, 9.17) is 0 Å². The predicted octanol–water partition coefficient (Wildman–Crippen LogP) is 4.24. The fourth-order valence-electron chi connectivity index (χ4n) is 2.88. The zero-order valence-electron chi connectivity index (χ0n) is 11.1. The molecule has 0 saturated carbocycles. The number of carboxylic acid groups (broad SMARTS) is 1. The first-order valence-corrected chi connectivity index (χ1v) is 6.68. The van der Waals surface area contributed by atoms with Crippen molar-refractivity contribution in [2.45, 2.75) is 0 Å². The third-order valence-corrected chi connectivity index (χ3v) is 3.82. The van der Waals surface area contributed by atoms with Gasteiger partial charge in [0.15, 0.2) is 0 Å². The number of aromatic carboxylic acids is 1. The first-order chi connectivity index (χ1) is 10.3. The molecule has 0 aliphatic rings. The quantitative estimate of drug-likeness (QED) is 0.528. The second-order valence-electron chi connectivity index (χ2n) is 5.02. The summed E-state index contributed by atoms with van der Waals surface area (Å²) in [6, 6.07) is 17.2. The minimum absolute atomic E-state index is 0.299. The number of hydrogen-bond acceptors (Lipinski definition) is 2. The van der Waals surface area contributed by atoms with E-state index in [0.29, 0.717) is 10.9 Å². The summed E-state index contributed by atoms with van der Waals surface area (Å²) in [4.78, 5) is 16.2. The zero-order chi connectivity index (χ0) is 14.4. The van der Waals surface area contributed by atoms with Crippen LogP contribution < -0.4 is 0 Å². The molecule has 1 aromatic heterocycles. The largest absolute Gasteiger partial charge is 0.478 e. The number of fused-ring (bicyclic) bond motifs is 5. The van der Waals surface area contributed by atoms with Crippen LogP contribution in [0.15, 0.2) is 60.8 Å². The molecule has 0 unspecified atom stereocenters. The van der Waals surface area contributed by atoms with E-state index in [1.54, 1.807) is 12.3 Å². The Balaban J connectivity index is 2.36. The van der Waals surface area contributed by atoms with Gasteiger partial charge in [-0.05, 0) is 16.8 Å². The first kappa shape index (κ1) is 11.9. The summed E-state index contributed by atoms with van der Waals surface area (Å²) in [7, 11) is 0. The lowest BCUT2D eigenvalue weighted by Gasteiger charge is -2.09. The van der Waals surface area contributed by atoms with E-state index in [0.717, 1.165) is 27.1 Å². The van der Waals surface area contributed by atoms with Crippen LogP contribution in [0.25, 0.3) is 32.4 Å². The summed E-state index contributed by atoms with van der Waals surface area (Å²) in [5.74, 6) is -0.927. The molecule has 4 rings (SSSR count). The molecule has 0 saturated heterocycles. The fraction of sp³-hybridized carbons (Fsp3) is 0. The summed E-state index contributed by atoms with van der Waals surface area (Å²) in [5, 5.41) is 14.0. The SMILES string of the molecule is O=C(O)c1cc2ccccc2c2ncc3ccccc3c12. The average Bonchev–Trinajstić information content (AvgIpc) is 2.53. The Morgan fingerprint density at radius 2 is 1.57 bits per heavy atom. The molecular formula is C18H11NO2. The number of pyridine rings is 1. The summed E-state index contributed by atoms with van der Waals surface area (Å²) in [6.07, 6.45) is 1.80. The summed E-state index contributed by atoms with van der Waals surface area (Å²) < 4.78 is 0. The lowest BCUT2D eigenvalue weighted by molar-refractivity contribution is 0.0699. The van der Waals surface area contributed by atoms with E-state index in [1.807, 2.05) is 48.5 Å². The van der Waals surface area contributed by atoms with Gasteiger partial charge in [-0.3, -0.25) is 4.98 Å². The number of rotatable bonds is 1. The molecule has 0 spiro atoms. The van der Waals surface area contributed by atoms with Crippen LogP contribution in [0.1, 0.15) is 10.4 Å². The van der Waals surface area contributed by atoms with Crippen molar-refractivity contribution in [3.63, 3.8) is 0 Å². The van der Waals surface area contributed by atoms with E-state index < -0.39 is 5.97 Å². The normalized spacial score (nSPS) is 11.2. The molecular weight excluding hydrogens is 262 g/mol. The summed E-state index contributed by atoms with van der Waals surface area (Å²) in [6.45, 7) is 0. The monoisotopic (exact) mass is 273 g/mol. The van der Waals surface area contributed by atoms with Crippen LogP contribution >= 0.6 is 0 Å². The van der Waals surface area contributed by atoms with Gasteiger partial charge in [-0.1, -0.05) is 48.5 Å². The van der Waals surface area contributed by atoms with Crippen molar-refractivity contribution in [2.24, 2.45) is 0 Å². The molecule has 3 nitrogen and oxygen atoms in total. The number of carbonyl (C=O) groups is 1. The molecule has 0 aliphatic carbocycles. The van der Waals surface area contributed by atoms with Crippen molar-refractivity contribution < 1.29 is 9.90 Å². The highest BCUT2D eigenvalue weighted by molar-refractivity contribution is 6.22. The lowest BCUT2D eigenvalue weighted by Crippen LogP contribution is -1.99. The van der Waals surface area contributed by atoms with Gasteiger partial charge in [-0.25, -0.2) is 4.79 Å². The molecule has 4 aromatic rings. The van der Waals surface area contributed by atoms with Gasteiger partial charge in [-0.2, -0.15) is 0 Å². The maximum absolute atomic E-state index is 11.7. The topological polar surface area (TPSA) is 50.2 Å². The van der Waals surface area contributed by atoms with Crippen LogP contribution in [0.5, 0.6) is 0 Å². The van der Waals surface area contributed by atoms with Crippen molar-refractivity contribution in [3.05, 3.63) is 66.4 Å². The number of carboxylic acids is 1. The van der Waals surface area contributed by atoms with E-state index in [-0.39, 0.29) is 0 Å². The highest BCUT2D eigenvalue weighted by Gasteiger charge is 2.15. The van der Waals surface area contributed by atoms with Gasteiger partial charge in [-0.15, -0.1) is 0 Å². The standard InChI is InChI=1S/C18H11NO2/c20-18(21)15-9-11-5-1-4-8-14(11)17-16(15)13-7-3-2-6-12(13)10-19-17/h1-10H,(H,20,21). The molecule has 0 atom stereocenters. The van der Waals surface area contributed by atoms with Crippen molar-refractivity contribution in [1.29, 1.82) is 0 Å². The van der Waals surface area contributed by atoms with Crippen LogP contribution in [-0.4, -0.2) is 16.1 Å². The fourth-order valence-corrected chi connectivity index (χ4v) is 2.88. The van der Waals surface area contributed by atoms with Gasteiger partial charge in [0.2, 0.25) is 0 Å². The second-order valence-corrected chi connectivity index (χ2v) is 5.02. The molecule has 3 heteroatoms. The van der Waals surface area contributed by atoms with Crippen molar-refractivity contribution in [3.8, 4) is 0 Å². The molecule has 21 heavy (non-hydrogen) atoms. The Morgan fingerprint density at radius 1 is 0.905 bits per heavy atom. The number of hydrogen-bond donors (Lipinski definition) is 1. The van der Waals surface area contributed by atoms with Crippen LogP contribution in [0.2, 0.25) is 0 Å². The third-order valence-electron chi connectivity index (χ3n) is 3.82. The van der Waals surface area contributed by atoms with Gasteiger partial charge < -0.3 is 5.11 Å². The van der Waals surface area contributed by atoms with Gasteiger partial charge in [0.05, 0.1) is 11.1 Å². The van der Waals surface area contributed by atoms with E-state index in [2.05, 4.69) is 4.98 Å². The number of benzene rings is 3. The minimum Gasteiger partial charge on any atom is -0.478 e. The lowest BCUT2D eigenvalue weighted by atomic mass is 9.97. The number of aromatic nitrogens is 1. The van der Waals surface area contributed by atoms with Crippen LogP contribution in [-0.2, 0) is 0 Å². The maximum atomic E-state index is 11.7. The smallest absolute Gasteiger partial charge is 0.336 e. The Hall–Kier alpha value is -2.94. The van der Waals surface area contributed by atoms with Gasteiger partial charge in [0.25, 0.3) is 0 Å². The maximum Gasteiger partial charge on any atom is 0.336 e. The van der Waals surface area contributed by atoms with Crippen molar-refractivity contribution in [2.75, 3.05) is 0 Å². The molecule has 1 N–H and O–H groups in total. The molecule has 100 valence electrons. The van der Waals surface area contributed by atoms with Gasteiger partial charge in [0, 0.05) is 22.4 Å². The Labute approximate surface area is 120 Å². The Morgan fingerprint density at radius 3 is 2.33 bits per heavy atom.